The van der Waals surface area contributed by atoms with Gasteiger partial charge in [-0.3, -0.25) is 9.59 Å². The Morgan fingerprint density at radius 1 is 0.574 bits per heavy atom. The molecule has 0 fully saturated rings. The number of carbonyl (C=O) groups is 3. The lowest BCUT2D eigenvalue weighted by Gasteiger charge is -2.34. The van der Waals surface area contributed by atoms with Crippen molar-refractivity contribution in [3.05, 3.63) is 60.8 Å². The summed E-state index contributed by atoms with van der Waals surface area (Å²) in [5.74, 6) is -1.84. The summed E-state index contributed by atoms with van der Waals surface area (Å²) in [5, 5.41) is 11.6. The van der Waals surface area contributed by atoms with Gasteiger partial charge in [-0.1, -0.05) is 158 Å². The molecule has 2 atom stereocenters. The number of rotatable bonds is 37. The molecule has 0 rings (SSSR count). The fourth-order valence-electron chi connectivity index (χ4n) is 5.88. The summed E-state index contributed by atoms with van der Waals surface area (Å²) >= 11 is 0. The number of unbranched alkanes of at least 4 members (excludes halogenated alkanes) is 13. The Labute approximate surface area is 330 Å². The summed E-state index contributed by atoms with van der Waals surface area (Å²) in [5.41, 5.74) is 0. The second-order valence-electron chi connectivity index (χ2n) is 15.2. The third kappa shape index (κ3) is 34.8. The number of quaternary nitrogens is 1. The minimum Gasteiger partial charge on any atom is -0.544 e. The zero-order valence-electron chi connectivity index (χ0n) is 35.1. The first-order valence-corrected chi connectivity index (χ1v) is 21.3. The zero-order chi connectivity index (χ0) is 40.0. The van der Waals surface area contributed by atoms with Gasteiger partial charge < -0.3 is 28.6 Å². The molecule has 8 nitrogen and oxygen atoms in total. The van der Waals surface area contributed by atoms with Crippen molar-refractivity contribution in [1.29, 1.82) is 0 Å². The molecule has 0 radical (unpaired) electrons. The van der Waals surface area contributed by atoms with Gasteiger partial charge in [0.2, 0.25) is 0 Å². The molecule has 0 aromatic heterocycles. The average Bonchev–Trinajstić information content (AvgIpc) is 3.12. The van der Waals surface area contributed by atoms with Crippen molar-refractivity contribution < 1.29 is 38.2 Å². The number of likely N-dealkylation sites (N-methyl/N-ethyl adjacent to an activating group) is 1. The number of nitrogens with zero attached hydrogens (tertiary/aromatic N) is 1. The fraction of sp³-hybridized carbons (Fsp3) is 0.717. The van der Waals surface area contributed by atoms with Crippen LogP contribution in [0.1, 0.15) is 162 Å². The Bertz CT molecular complexity index is 1070. The molecule has 0 aliphatic carbocycles. The maximum absolute atomic E-state index is 12.7. The first-order valence-electron chi connectivity index (χ1n) is 21.3. The molecule has 54 heavy (non-hydrogen) atoms. The third-order valence-corrected chi connectivity index (χ3v) is 9.18. The van der Waals surface area contributed by atoms with Crippen molar-refractivity contribution in [3.63, 3.8) is 0 Å². The van der Waals surface area contributed by atoms with E-state index in [1.165, 1.54) is 70.6 Å². The van der Waals surface area contributed by atoms with Crippen molar-refractivity contribution in [2.24, 2.45) is 0 Å². The van der Waals surface area contributed by atoms with Gasteiger partial charge in [0.05, 0.1) is 40.3 Å². The van der Waals surface area contributed by atoms with E-state index in [-0.39, 0.29) is 43.1 Å². The van der Waals surface area contributed by atoms with Crippen molar-refractivity contribution >= 4 is 17.9 Å². The summed E-state index contributed by atoms with van der Waals surface area (Å²) in [6.45, 7) is 4.46. The molecule has 310 valence electrons. The lowest BCUT2D eigenvalue weighted by molar-refractivity contribution is -0.889. The Hall–Kier alpha value is -2.97. The first kappa shape index (κ1) is 51.0. The number of carboxylic acids is 1. The monoisotopic (exact) mass is 758 g/mol. The first-order chi connectivity index (χ1) is 26.1. The molecule has 0 bridgehead atoms. The maximum atomic E-state index is 12.7. The van der Waals surface area contributed by atoms with E-state index in [0.29, 0.717) is 12.8 Å². The smallest absolute Gasteiger partial charge is 0.306 e. The summed E-state index contributed by atoms with van der Waals surface area (Å²) in [4.78, 5) is 36.8. The molecule has 2 unspecified atom stereocenters. The van der Waals surface area contributed by atoms with Crippen molar-refractivity contribution in [3.8, 4) is 0 Å². The van der Waals surface area contributed by atoms with Gasteiger partial charge in [0, 0.05) is 19.3 Å². The predicted molar refractivity (Wildman–Crippen MR) is 222 cm³/mol. The van der Waals surface area contributed by atoms with Crippen molar-refractivity contribution in [2.45, 2.75) is 174 Å². The van der Waals surface area contributed by atoms with Crippen LogP contribution < -0.4 is 5.11 Å². The molecule has 8 heteroatoms. The van der Waals surface area contributed by atoms with Crippen LogP contribution in [0.25, 0.3) is 0 Å². The second-order valence-corrected chi connectivity index (χ2v) is 15.2. The largest absolute Gasteiger partial charge is 0.544 e. The number of hydrogen-bond donors (Lipinski definition) is 0. The number of aliphatic carboxylic acids is 1. The van der Waals surface area contributed by atoms with Gasteiger partial charge in [0.25, 0.3) is 0 Å². The van der Waals surface area contributed by atoms with Crippen LogP contribution in [0.3, 0.4) is 0 Å². The number of hydrogen-bond acceptors (Lipinski definition) is 7. The molecule has 0 aromatic rings. The van der Waals surface area contributed by atoms with Crippen LogP contribution in [0, 0.1) is 0 Å². The second kappa shape index (κ2) is 37.0. The van der Waals surface area contributed by atoms with Crippen LogP contribution in [0.15, 0.2) is 60.8 Å². The van der Waals surface area contributed by atoms with Gasteiger partial charge in [-0.05, 0) is 44.9 Å². The number of allylic oxidation sites excluding steroid dienone is 10. The normalized spacial score (nSPS) is 13.6. The van der Waals surface area contributed by atoms with E-state index in [2.05, 4.69) is 62.5 Å². The summed E-state index contributed by atoms with van der Waals surface area (Å²) in [7, 11) is 5.37. The molecular formula is C46H79NO7. The quantitative estimate of drug-likeness (QED) is 0.0269. The van der Waals surface area contributed by atoms with Crippen LogP contribution in [0.5, 0.6) is 0 Å². The lowest BCUT2D eigenvalue weighted by Crippen LogP contribution is -2.55. The highest BCUT2D eigenvalue weighted by atomic mass is 16.6. The highest BCUT2D eigenvalue weighted by molar-refractivity contribution is 5.70. The Morgan fingerprint density at radius 3 is 1.50 bits per heavy atom. The summed E-state index contributed by atoms with van der Waals surface area (Å²) < 4.78 is 17.1. The Kier molecular flexibility index (Phi) is 34.9. The molecule has 0 aliphatic rings. The highest BCUT2D eigenvalue weighted by Gasteiger charge is 2.25. The zero-order valence-corrected chi connectivity index (χ0v) is 35.1. The number of esters is 2. The predicted octanol–water partition coefficient (Wildman–Crippen LogP) is 10.1. The standard InChI is InChI=1S/C46H79NO7/c1-6-8-10-12-14-16-18-20-22-23-25-27-29-31-33-35-37-45(49)54-42(40-52-39-38-43(46(50)51)47(3,4)5)41-53-44(48)36-34-32-30-28-26-24-21-19-17-15-13-11-9-7-2/h8,10,14,16,20,22,25,27,31,33,42-43H,6-7,9,11-13,15,17-19,21,23-24,26,28-30,32,34-41H2,1-5H3/b10-8+,16-14+,22-20+,27-25+,33-31+. The van der Waals surface area contributed by atoms with E-state index in [1.807, 2.05) is 12.2 Å². The van der Waals surface area contributed by atoms with Gasteiger partial charge in [-0.15, -0.1) is 0 Å². The molecule has 0 spiro atoms. The molecular weight excluding hydrogens is 679 g/mol. The van der Waals surface area contributed by atoms with Gasteiger partial charge in [-0.25, -0.2) is 0 Å². The molecule has 0 amide bonds. The lowest BCUT2D eigenvalue weighted by atomic mass is 10.0. The minimum atomic E-state index is -1.14. The van der Waals surface area contributed by atoms with Crippen molar-refractivity contribution in [1.82, 2.24) is 0 Å². The van der Waals surface area contributed by atoms with Crippen LogP contribution in [-0.2, 0) is 28.6 Å². The van der Waals surface area contributed by atoms with Crippen LogP contribution in [0.4, 0.5) is 0 Å². The number of carbonyl (C=O) groups excluding carboxylic acids is 3. The van der Waals surface area contributed by atoms with Gasteiger partial charge in [0.15, 0.2) is 6.10 Å². The Balaban J connectivity index is 4.49. The van der Waals surface area contributed by atoms with E-state index in [4.69, 9.17) is 14.2 Å². The highest BCUT2D eigenvalue weighted by Crippen LogP contribution is 2.14. The third-order valence-electron chi connectivity index (χ3n) is 9.18. The molecule has 0 aromatic carbocycles. The van der Waals surface area contributed by atoms with Gasteiger partial charge in [0.1, 0.15) is 12.6 Å². The van der Waals surface area contributed by atoms with Gasteiger partial charge in [-0.2, -0.15) is 0 Å². The summed E-state index contributed by atoms with van der Waals surface area (Å²) in [6.07, 6.45) is 44.0. The SMILES string of the molecule is CC/C=C/C/C=C/C/C=C/C/C=C/C/C=C/CCC(=O)OC(COCCC(C(=O)[O-])[N+](C)(C)C)COC(=O)CCCCCCCCCCCCCCCC. The van der Waals surface area contributed by atoms with Crippen LogP contribution in [0.2, 0.25) is 0 Å². The maximum Gasteiger partial charge on any atom is 0.306 e. The molecule has 0 aliphatic heterocycles. The van der Waals surface area contributed by atoms with Crippen LogP contribution in [-0.4, -0.2) is 75.5 Å². The molecule has 0 heterocycles. The summed E-state index contributed by atoms with van der Waals surface area (Å²) in [6, 6.07) is -0.739. The minimum absolute atomic E-state index is 0.0104. The Morgan fingerprint density at radius 2 is 1.04 bits per heavy atom. The van der Waals surface area contributed by atoms with E-state index in [9.17, 15) is 19.5 Å². The number of carboxylic acid groups (broad SMARTS) is 1. The van der Waals surface area contributed by atoms with Crippen molar-refractivity contribution in [2.75, 3.05) is 41.0 Å². The molecule has 0 saturated heterocycles. The van der Waals surface area contributed by atoms with E-state index in [0.717, 1.165) is 51.4 Å². The van der Waals surface area contributed by atoms with Gasteiger partial charge >= 0.3 is 11.9 Å². The topological polar surface area (TPSA) is 102 Å². The average molecular weight is 758 g/mol. The molecule has 0 N–H and O–H groups in total. The number of ether oxygens (including phenoxy) is 3. The van der Waals surface area contributed by atoms with Crippen LogP contribution >= 0.6 is 0 Å². The molecule has 0 saturated carbocycles. The van der Waals surface area contributed by atoms with E-state index >= 15 is 0 Å². The van der Waals surface area contributed by atoms with E-state index < -0.39 is 24.1 Å². The fourth-order valence-corrected chi connectivity index (χ4v) is 5.88. The van der Waals surface area contributed by atoms with E-state index in [1.54, 1.807) is 21.1 Å².